The van der Waals surface area contributed by atoms with Gasteiger partial charge in [0.25, 0.3) is 6.43 Å². The van der Waals surface area contributed by atoms with E-state index >= 15 is 0 Å². The highest BCUT2D eigenvalue weighted by Crippen LogP contribution is 1.91. The molecule has 0 rings (SSSR count). The second-order valence-electron chi connectivity index (χ2n) is 1.96. The fraction of sp³-hybridized carbons (Fsp3) is 0.571. The van der Waals surface area contributed by atoms with Crippen LogP contribution in [-0.4, -0.2) is 32.1 Å². The van der Waals surface area contributed by atoms with Gasteiger partial charge in [0.05, 0.1) is 6.61 Å². The van der Waals surface area contributed by atoms with Crippen molar-refractivity contribution in [2.24, 2.45) is 0 Å². The Labute approximate surface area is 69.4 Å². The van der Waals surface area contributed by atoms with Crippen molar-refractivity contribution in [3.63, 3.8) is 0 Å². The average Bonchev–Trinajstić information content (AvgIpc) is 2.03. The maximum atomic E-state index is 11.5. The predicted molar refractivity (Wildman–Crippen MR) is 40.0 cm³/mol. The summed E-state index contributed by atoms with van der Waals surface area (Å²) in [5.41, 5.74) is 0. The molecule has 0 fully saturated rings. The lowest BCUT2D eigenvalue weighted by Crippen LogP contribution is -2.25. The van der Waals surface area contributed by atoms with Crippen LogP contribution in [0.4, 0.5) is 8.78 Å². The first-order valence-corrected chi connectivity index (χ1v) is 3.43. The standard InChI is InChI=1S/C7H11F2NO2/c1-2-7(11)10-3-4-12-5-6(8)9/h2,6H,1,3-5H2,(H,10,11). The summed E-state index contributed by atoms with van der Waals surface area (Å²) in [4.78, 5) is 10.5. The highest BCUT2D eigenvalue weighted by molar-refractivity contribution is 5.86. The van der Waals surface area contributed by atoms with Gasteiger partial charge in [0, 0.05) is 6.54 Å². The van der Waals surface area contributed by atoms with Crippen molar-refractivity contribution in [1.29, 1.82) is 0 Å². The van der Waals surface area contributed by atoms with Gasteiger partial charge in [-0.1, -0.05) is 6.58 Å². The highest BCUT2D eigenvalue weighted by Gasteiger charge is 2.00. The monoisotopic (exact) mass is 179 g/mol. The van der Waals surface area contributed by atoms with E-state index in [0.29, 0.717) is 0 Å². The highest BCUT2D eigenvalue weighted by atomic mass is 19.3. The minimum absolute atomic E-state index is 0.0872. The molecule has 0 atom stereocenters. The lowest BCUT2D eigenvalue weighted by molar-refractivity contribution is -0.116. The Bertz CT molecular complexity index is 150. The summed E-state index contributed by atoms with van der Waals surface area (Å²) in [6.45, 7) is 2.93. The molecule has 5 heteroatoms. The number of carbonyl (C=O) groups is 1. The summed E-state index contributed by atoms with van der Waals surface area (Å²) in [6.07, 6.45) is -1.35. The van der Waals surface area contributed by atoms with E-state index in [0.717, 1.165) is 6.08 Å². The summed E-state index contributed by atoms with van der Waals surface area (Å²) in [5.74, 6) is -0.337. The van der Waals surface area contributed by atoms with Crippen molar-refractivity contribution in [2.45, 2.75) is 6.43 Å². The SMILES string of the molecule is C=CC(=O)NCCOCC(F)F. The molecular formula is C7H11F2NO2. The van der Waals surface area contributed by atoms with Crippen LogP contribution in [0.1, 0.15) is 0 Å². The second-order valence-corrected chi connectivity index (χ2v) is 1.96. The lowest BCUT2D eigenvalue weighted by Gasteiger charge is -2.03. The van der Waals surface area contributed by atoms with Crippen molar-refractivity contribution >= 4 is 5.91 Å². The normalized spacial score (nSPS) is 9.92. The van der Waals surface area contributed by atoms with Crippen LogP contribution in [0.3, 0.4) is 0 Å². The first-order valence-electron chi connectivity index (χ1n) is 3.43. The third kappa shape index (κ3) is 7.14. The molecule has 0 unspecified atom stereocenters. The largest absolute Gasteiger partial charge is 0.374 e. The molecule has 0 aromatic heterocycles. The minimum Gasteiger partial charge on any atom is -0.374 e. The van der Waals surface area contributed by atoms with Crippen LogP contribution in [0, 0.1) is 0 Å². The van der Waals surface area contributed by atoms with Crippen molar-refractivity contribution in [1.82, 2.24) is 5.32 Å². The smallest absolute Gasteiger partial charge is 0.261 e. The zero-order valence-electron chi connectivity index (χ0n) is 6.56. The molecule has 0 radical (unpaired) electrons. The summed E-state index contributed by atoms with van der Waals surface area (Å²) in [5, 5.41) is 2.38. The van der Waals surface area contributed by atoms with E-state index in [4.69, 9.17) is 0 Å². The summed E-state index contributed by atoms with van der Waals surface area (Å²) in [7, 11) is 0. The van der Waals surface area contributed by atoms with Crippen molar-refractivity contribution in [3.8, 4) is 0 Å². The molecule has 0 saturated carbocycles. The molecule has 0 bridgehead atoms. The number of carbonyl (C=O) groups excluding carboxylic acids is 1. The van der Waals surface area contributed by atoms with E-state index in [1.807, 2.05) is 0 Å². The summed E-state index contributed by atoms with van der Waals surface area (Å²) < 4.78 is 27.4. The maximum Gasteiger partial charge on any atom is 0.261 e. The maximum absolute atomic E-state index is 11.5. The Balaban J connectivity index is 3.11. The Morgan fingerprint density at radius 2 is 2.33 bits per heavy atom. The molecule has 0 heterocycles. The number of alkyl halides is 2. The first kappa shape index (κ1) is 11.0. The van der Waals surface area contributed by atoms with Crippen LogP contribution in [0.5, 0.6) is 0 Å². The molecule has 1 N–H and O–H groups in total. The molecule has 0 saturated heterocycles. The number of halogens is 2. The lowest BCUT2D eigenvalue weighted by atomic mass is 10.5. The molecule has 1 amide bonds. The number of nitrogens with one attached hydrogen (secondary N) is 1. The van der Waals surface area contributed by atoms with E-state index in [2.05, 4.69) is 16.6 Å². The van der Waals surface area contributed by atoms with Gasteiger partial charge < -0.3 is 10.1 Å². The summed E-state index contributed by atoms with van der Waals surface area (Å²) >= 11 is 0. The van der Waals surface area contributed by atoms with Crippen LogP contribution in [-0.2, 0) is 9.53 Å². The number of ether oxygens (including phenoxy) is 1. The molecule has 12 heavy (non-hydrogen) atoms. The number of hydrogen-bond donors (Lipinski definition) is 1. The Morgan fingerprint density at radius 3 is 2.83 bits per heavy atom. The van der Waals surface area contributed by atoms with Crippen molar-refractivity contribution in [2.75, 3.05) is 19.8 Å². The van der Waals surface area contributed by atoms with Crippen molar-refractivity contribution < 1.29 is 18.3 Å². The van der Waals surface area contributed by atoms with Crippen LogP contribution in [0.25, 0.3) is 0 Å². The van der Waals surface area contributed by atoms with Gasteiger partial charge in [0.2, 0.25) is 5.91 Å². The molecule has 0 aromatic rings. The third-order valence-electron chi connectivity index (χ3n) is 0.975. The van der Waals surface area contributed by atoms with Gasteiger partial charge in [-0.05, 0) is 6.08 Å². The van der Waals surface area contributed by atoms with E-state index < -0.39 is 13.0 Å². The minimum atomic E-state index is -2.46. The molecule has 3 nitrogen and oxygen atoms in total. The van der Waals surface area contributed by atoms with Gasteiger partial charge in [-0.15, -0.1) is 0 Å². The van der Waals surface area contributed by atoms with Gasteiger partial charge in [-0.25, -0.2) is 8.78 Å². The van der Waals surface area contributed by atoms with Crippen molar-refractivity contribution in [3.05, 3.63) is 12.7 Å². The Morgan fingerprint density at radius 1 is 1.67 bits per heavy atom. The first-order chi connectivity index (χ1) is 5.66. The van der Waals surface area contributed by atoms with Gasteiger partial charge in [0.15, 0.2) is 0 Å². The Hall–Kier alpha value is -0.970. The molecule has 0 aliphatic carbocycles. The number of hydrogen-bond acceptors (Lipinski definition) is 2. The molecule has 0 aliphatic heterocycles. The van der Waals surface area contributed by atoms with E-state index in [1.165, 1.54) is 0 Å². The molecule has 70 valence electrons. The van der Waals surface area contributed by atoms with Crippen LogP contribution in [0.2, 0.25) is 0 Å². The van der Waals surface area contributed by atoms with Gasteiger partial charge >= 0.3 is 0 Å². The van der Waals surface area contributed by atoms with E-state index in [9.17, 15) is 13.6 Å². The fourth-order valence-electron chi connectivity index (χ4n) is 0.491. The quantitative estimate of drug-likeness (QED) is 0.478. The van der Waals surface area contributed by atoms with Crippen LogP contribution < -0.4 is 5.32 Å². The van der Waals surface area contributed by atoms with Gasteiger partial charge in [0.1, 0.15) is 6.61 Å². The predicted octanol–water partition coefficient (Wildman–Crippen LogP) is 0.570. The average molecular weight is 179 g/mol. The van der Waals surface area contributed by atoms with Gasteiger partial charge in [-0.2, -0.15) is 0 Å². The van der Waals surface area contributed by atoms with Crippen LogP contribution >= 0.6 is 0 Å². The van der Waals surface area contributed by atoms with E-state index in [-0.39, 0.29) is 19.1 Å². The zero-order valence-corrected chi connectivity index (χ0v) is 6.56. The van der Waals surface area contributed by atoms with E-state index in [1.54, 1.807) is 0 Å². The second kappa shape index (κ2) is 6.72. The zero-order chi connectivity index (χ0) is 9.40. The molecule has 0 spiro atoms. The molecular weight excluding hydrogens is 168 g/mol. The Kier molecular flexibility index (Phi) is 6.18. The third-order valence-corrected chi connectivity index (χ3v) is 0.975. The topological polar surface area (TPSA) is 38.3 Å². The van der Waals surface area contributed by atoms with Gasteiger partial charge in [-0.3, -0.25) is 4.79 Å². The number of amides is 1. The van der Waals surface area contributed by atoms with Crippen LogP contribution in [0.15, 0.2) is 12.7 Å². The number of rotatable bonds is 6. The molecule has 0 aromatic carbocycles. The molecule has 0 aliphatic rings. The summed E-state index contributed by atoms with van der Waals surface area (Å²) in [6, 6.07) is 0. The fourth-order valence-corrected chi connectivity index (χ4v) is 0.491.